The Morgan fingerprint density at radius 2 is 2.00 bits per heavy atom. The maximum Gasteiger partial charge on any atom is 0.228 e. The third-order valence-electron chi connectivity index (χ3n) is 3.85. The first-order valence-electron chi connectivity index (χ1n) is 7.53. The lowest BCUT2D eigenvalue weighted by atomic mass is 9.98. The average Bonchev–Trinajstić information content (AvgIpc) is 2.52. The van der Waals surface area contributed by atoms with Crippen molar-refractivity contribution in [3.8, 4) is 0 Å². The highest BCUT2D eigenvalue weighted by Crippen LogP contribution is 2.24. The molecule has 1 fully saturated rings. The molecule has 5 heteroatoms. The van der Waals surface area contributed by atoms with Crippen LogP contribution in [0, 0.1) is 12.8 Å². The first kappa shape index (κ1) is 15.5. The summed E-state index contributed by atoms with van der Waals surface area (Å²) in [7, 11) is 0. The van der Waals surface area contributed by atoms with Gasteiger partial charge in [-0.25, -0.2) is 0 Å². The second-order valence-electron chi connectivity index (χ2n) is 5.41. The summed E-state index contributed by atoms with van der Waals surface area (Å²) in [5.41, 5.74) is 2.40. The van der Waals surface area contributed by atoms with E-state index in [9.17, 15) is 9.59 Å². The number of nitrogens with one attached hydrogen (secondary N) is 3. The lowest BCUT2D eigenvalue weighted by molar-refractivity contribution is -0.120. The maximum atomic E-state index is 12.3. The molecule has 1 aromatic rings. The van der Waals surface area contributed by atoms with Crippen LogP contribution < -0.4 is 16.0 Å². The minimum atomic E-state index is -0.0296. The fourth-order valence-electron chi connectivity index (χ4n) is 2.46. The average molecular weight is 289 g/mol. The quantitative estimate of drug-likeness (QED) is 0.796. The smallest absolute Gasteiger partial charge is 0.228 e. The molecule has 114 valence electrons. The second kappa shape index (κ2) is 7.22. The Labute approximate surface area is 125 Å². The first-order chi connectivity index (χ1) is 10.1. The zero-order chi connectivity index (χ0) is 15.2. The van der Waals surface area contributed by atoms with Gasteiger partial charge in [-0.2, -0.15) is 0 Å². The van der Waals surface area contributed by atoms with E-state index in [1.807, 2.05) is 32.0 Å². The number of carbonyl (C=O) groups is 2. The Balaban J connectivity index is 2.07. The van der Waals surface area contributed by atoms with Crippen LogP contribution in [0.4, 0.5) is 11.4 Å². The number of hydrogen-bond acceptors (Lipinski definition) is 3. The summed E-state index contributed by atoms with van der Waals surface area (Å²) in [6.45, 7) is 5.44. The first-order valence-corrected chi connectivity index (χ1v) is 7.53. The molecule has 21 heavy (non-hydrogen) atoms. The summed E-state index contributed by atoms with van der Waals surface area (Å²) in [4.78, 5) is 23.8. The van der Waals surface area contributed by atoms with Crippen molar-refractivity contribution >= 4 is 23.2 Å². The summed E-state index contributed by atoms with van der Waals surface area (Å²) in [6, 6.07) is 5.55. The lowest BCUT2D eigenvalue weighted by Gasteiger charge is -2.22. The minimum absolute atomic E-state index is 0.0204. The molecule has 0 aliphatic carbocycles. The van der Waals surface area contributed by atoms with Gasteiger partial charge in [-0.05, 0) is 44.0 Å². The molecule has 0 unspecified atom stereocenters. The SMILES string of the molecule is CCC(=O)Nc1cccc(NC(=O)[C@H]2CCCNC2)c1C. The zero-order valence-electron chi connectivity index (χ0n) is 12.7. The van der Waals surface area contributed by atoms with Gasteiger partial charge in [0.15, 0.2) is 0 Å². The van der Waals surface area contributed by atoms with Crippen molar-refractivity contribution < 1.29 is 9.59 Å². The van der Waals surface area contributed by atoms with E-state index in [1.165, 1.54) is 0 Å². The Morgan fingerprint density at radius 3 is 2.62 bits per heavy atom. The Morgan fingerprint density at radius 1 is 1.29 bits per heavy atom. The monoisotopic (exact) mass is 289 g/mol. The van der Waals surface area contributed by atoms with Crippen molar-refractivity contribution in [1.82, 2.24) is 5.32 Å². The topological polar surface area (TPSA) is 70.2 Å². The molecular formula is C16H23N3O2. The van der Waals surface area contributed by atoms with E-state index in [4.69, 9.17) is 0 Å². The predicted octanol–water partition coefficient (Wildman–Crippen LogP) is 2.28. The molecule has 1 heterocycles. The molecule has 1 aliphatic heterocycles. The molecule has 1 saturated heterocycles. The molecule has 0 aromatic heterocycles. The zero-order valence-corrected chi connectivity index (χ0v) is 12.7. The summed E-state index contributed by atoms with van der Waals surface area (Å²) < 4.78 is 0. The van der Waals surface area contributed by atoms with E-state index in [-0.39, 0.29) is 17.7 Å². The molecular weight excluding hydrogens is 266 g/mol. The summed E-state index contributed by atoms with van der Waals surface area (Å²) >= 11 is 0. The van der Waals surface area contributed by atoms with E-state index in [1.54, 1.807) is 0 Å². The maximum absolute atomic E-state index is 12.3. The normalized spacial score (nSPS) is 18.1. The van der Waals surface area contributed by atoms with Gasteiger partial charge >= 0.3 is 0 Å². The number of anilines is 2. The fraction of sp³-hybridized carbons (Fsp3) is 0.500. The minimum Gasteiger partial charge on any atom is -0.326 e. The van der Waals surface area contributed by atoms with Gasteiger partial charge in [0.1, 0.15) is 0 Å². The van der Waals surface area contributed by atoms with Gasteiger partial charge in [0.2, 0.25) is 11.8 Å². The van der Waals surface area contributed by atoms with Gasteiger partial charge in [-0.15, -0.1) is 0 Å². The molecule has 0 spiro atoms. The number of amides is 2. The summed E-state index contributed by atoms with van der Waals surface area (Å²) in [5.74, 6) is 0.0364. The molecule has 1 aromatic carbocycles. The van der Waals surface area contributed by atoms with Crippen molar-refractivity contribution in [2.75, 3.05) is 23.7 Å². The summed E-state index contributed by atoms with van der Waals surface area (Å²) in [5, 5.41) is 9.08. The van der Waals surface area contributed by atoms with E-state index in [0.29, 0.717) is 6.42 Å². The molecule has 3 N–H and O–H groups in total. The van der Waals surface area contributed by atoms with Crippen LogP contribution in [0.5, 0.6) is 0 Å². The van der Waals surface area contributed by atoms with E-state index in [0.717, 1.165) is 42.9 Å². The lowest BCUT2D eigenvalue weighted by Crippen LogP contribution is -2.37. The van der Waals surface area contributed by atoms with Crippen LogP contribution in [0.2, 0.25) is 0 Å². The van der Waals surface area contributed by atoms with E-state index in [2.05, 4.69) is 16.0 Å². The Kier molecular flexibility index (Phi) is 5.33. The molecule has 2 amide bonds. The van der Waals surface area contributed by atoms with Crippen molar-refractivity contribution in [3.63, 3.8) is 0 Å². The molecule has 1 aliphatic rings. The molecule has 1 atom stereocenters. The third-order valence-corrected chi connectivity index (χ3v) is 3.85. The molecule has 0 saturated carbocycles. The summed E-state index contributed by atoms with van der Waals surface area (Å²) in [6.07, 6.45) is 2.39. The number of piperidine rings is 1. The molecule has 2 rings (SSSR count). The van der Waals surface area contributed by atoms with Gasteiger partial charge in [0, 0.05) is 24.3 Å². The number of benzene rings is 1. The van der Waals surface area contributed by atoms with Gasteiger partial charge in [0.05, 0.1) is 5.92 Å². The van der Waals surface area contributed by atoms with Crippen LogP contribution in [0.3, 0.4) is 0 Å². The highest BCUT2D eigenvalue weighted by Gasteiger charge is 2.21. The largest absolute Gasteiger partial charge is 0.326 e. The molecule has 5 nitrogen and oxygen atoms in total. The number of hydrogen-bond donors (Lipinski definition) is 3. The van der Waals surface area contributed by atoms with Gasteiger partial charge in [-0.3, -0.25) is 9.59 Å². The molecule has 0 bridgehead atoms. The van der Waals surface area contributed by atoms with Crippen molar-refractivity contribution in [1.29, 1.82) is 0 Å². The molecule has 0 radical (unpaired) electrons. The van der Waals surface area contributed by atoms with Crippen LogP contribution in [-0.4, -0.2) is 24.9 Å². The standard InChI is InChI=1S/C16H23N3O2/c1-3-15(20)18-13-7-4-8-14(11(13)2)19-16(21)12-6-5-9-17-10-12/h4,7-8,12,17H,3,5-6,9-10H2,1-2H3,(H,18,20)(H,19,21)/t12-/m0/s1. The van der Waals surface area contributed by atoms with E-state index < -0.39 is 0 Å². The van der Waals surface area contributed by atoms with Gasteiger partial charge in [0.25, 0.3) is 0 Å². The highest BCUT2D eigenvalue weighted by atomic mass is 16.2. The van der Waals surface area contributed by atoms with E-state index >= 15 is 0 Å². The van der Waals surface area contributed by atoms with Crippen molar-refractivity contribution in [2.24, 2.45) is 5.92 Å². The van der Waals surface area contributed by atoms with Crippen LogP contribution in [0.15, 0.2) is 18.2 Å². The van der Waals surface area contributed by atoms with Crippen LogP contribution in [0.1, 0.15) is 31.7 Å². The number of rotatable bonds is 4. The third kappa shape index (κ3) is 4.04. The Bertz CT molecular complexity index is 522. The second-order valence-corrected chi connectivity index (χ2v) is 5.41. The van der Waals surface area contributed by atoms with Crippen molar-refractivity contribution in [2.45, 2.75) is 33.1 Å². The van der Waals surface area contributed by atoms with Gasteiger partial charge in [-0.1, -0.05) is 13.0 Å². The van der Waals surface area contributed by atoms with Crippen LogP contribution in [0.25, 0.3) is 0 Å². The predicted molar refractivity (Wildman–Crippen MR) is 84.3 cm³/mol. The Hall–Kier alpha value is -1.88. The van der Waals surface area contributed by atoms with Crippen LogP contribution >= 0.6 is 0 Å². The van der Waals surface area contributed by atoms with Gasteiger partial charge < -0.3 is 16.0 Å². The number of carbonyl (C=O) groups excluding carboxylic acids is 2. The highest BCUT2D eigenvalue weighted by molar-refractivity contribution is 5.96. The van der Waals surface area contributed by atoms with Crippen LogP contribution in [-0.2, 0) is 9.59 Å². The van der Waals surface area contributed by atoms with Crippen molar-refractivity contribution in [3.05, 3.63) is 23.8 Å². The fourth-order valence-corrected chi connectivity index (χ4v) is 2.46.